The first-order valence-corrected chi connectivity index (χ1v) is 8.30. The zero-order valence-electron chi connectivity index (χ0n) is 15.2. The molecule has 27 heavy (non-hydrogen) atoms. The van der Waals surface area contributed by atoms with E-state index in [2.05, 4.69) is 22.1 Å². The summed E-state index contributed by atoms with van der Waals surface area (Å²) in [6.45, 7) is 4.09. The SMILES string of the molecule is C=CCn1c(=O)c(N/N=C/c2c(OC)cccc2OC)nc2ccccc21. The maximum Gasteiger partial charge on any atom is 0.295 e. The molecule has 0 spiro atoms. The highest BCUT2D eigenvalue weighted by atomic mass is 16.5. The van der Waals surface area contributed by atoms with Crippen molar-refractivity contribution in [3.63, 3.8) is 0 Å². The second-order valence-electron chi connectivity index (χ2n) is 5.60. The first-order chi connectivity index (χ1) is 13.2. The number of anilines is 1. The summed E-state index contributed by atoms with van der Waals surface area (Å²) >= 11 is 0. The lowest BCUT2D eigenvalue weighted by Gasteiger charge is -2.10. The van der Waals surface area contributed by atoms with E-state index in [4.69, 9.17) is 9.47 Å². The van der Waals surface area contributed by atoms with E-state index in [1.807, 2.05) is 30.3 Å². The average molecular weight is 364 g/mol. The van der Waals surface area contributed by atoms with E-state index in [9.17, 15) is 4.79 Å². The first-order valence-electron chi connectivity index (χ1n) is 8.30. The number of para-hydroxylation sites is 2. The standard InChI is InChI=1S/C20H20N4O3/c1-4-12-24-16-9-6-5-8-15(16)22-19(20(24)25)23-21-13-14-17(26-2)10-7-11-18(14)27-3/h4-11,13H,1,12H2,2-3H3,(H,22,23)/b21-13+. The number of ether oxygens (including phenoxy) is 2. The summed E-state index contributed by atoms with van der Waals surface area (Å²) < 4.78 is 12.3. The fourth-order valence-electron chi connectivity index (χ4n) is 2.74. The molecule has 0 saturated carbocycles. The zero-order valence-corrected chi connectivity index (χ0v) is 15.2. The van der Waals surface area contributed by atoms with Crippen molar-refractivity contribution in [3.8, 4) is 11.5 Å². The Morgan fingerprint density at radius 3 is 2.52 bits per heavy atom. The van der Waals surface area contributed by atoms with Gasteiger partial charge in [-0.1, -0.05) is 24.3 Å². The van der Waals surface area contributed by atoms with Gasteiger partial charge in [0.05, 0.1) is 37.0 Å². The smallest absolute Gasteiger partial charge is 0.295 e. The molecule has 3 aromatic rings. The minimum absolute atomic E-state index is 0.126. The maximum atomic E-state index is 12.7. The van der Waals surface area contributed by atoms with Crippen LogP contribution in [0.1, 0.15) is 5.56 Å². The Morgan fingerprint density at radius 2 is 1.85 bits per heavy atom. The molecule has 2 aromatic carbocycles. The minimum Gasteiger partial charge on any atom is -0.496 e. The van der Waals surface area contributed by atoms with Crippen LogP contribution in [0, 0.1) is 0 Å². The summed E-state index contributed by atoms with van der Waals surface area (Å²) in [6.07, 6.45) is 3.20. The van der Waals surface area contributed by atoms with Crippen LogP contribution in [-0.2, 0) is 6.54 Å². The molecule has 0 fully saturated rings. The molecule has 7 nitrogen and oxygen atoms in total. The second kappa shape index (κ2) is 8.18. The predicted molar refractivity (Wildman–Crippen MR) is 107 cm³/mol. The molecule has 1 aromatic heterocycles. The lowest BCUT2D eigenvalue weighted by atomic mass is 10.2. The van der Waals surface area contributed by atoms with E-state index in [1.165, 1.54) is 6.21 Å². The highest BCUT2D eigenvalue weighted by Crippen LogP contribution is 2.26. The Bertz CT molecular complexity index is 1030. The lowest BCUT2D eigenvalue weighted by Crippen LogP contribution is -2.24. The number of nitrogens with one attached hydrogen (secondary N) is 1. The van der Waals surface area contributed by atoms with Gasteiger partial charge in [0.15, 0.2) is 0 Å². The number of nitrogens with zero attached hydrogens (tertiary/aromatic N) is 3. The summed E-state index contributed by atoms with van der Waals surface area (Å²) in [4.78, 5) is 17.1. The molecule has 0 atom stereocenters. The summed E-state index contributed by atoms with van der Waals surface area (Å²) in [5, 5.41) is 4.16. The number of fused-ring (bicyclic) bond motifs is 1. The van der Waals surface area contributed by atoms with E-state index in [0.717, 1.165) is 5.52 Å². The molecule has 0 amide bonds. The van der Waals surface area contributed by atoms with E-state index in [0.29, 0.717) is 29.1 Å². The third-order valence-electron chi connectivity index (χ3n) is 3.99. The third-order valence-corrected chi connectivity index (χ3v) is 3.99. The number of allylic oxidation sites excluding steroid dienone is 1. The van der Waals surface area contributed by atoms with Gasteiger partial charge in [0.1, 0.15) is 11.5 Å². The van der Waals surface area contributed by atoms with Crippen molar-refractivity contribution >= 4 is 23.1 Å². The molecule has 1 heterocycles. The van der Waals surface area contributed by atoms with Gasteiger partial charge >= 0.3 is 0 Å². The van der Waals surface area contributed by atoms with Gasteiger partial charge in [-0.3, -0.25) is 14.8 Å². The van der Waals surface area contributed by atoms with Gasteiger partial charge in [0.25, 0.3) is 5.56 Å². The molecule has 3 rings (SSSR count). The molecule has 0 radical (unpaired) electrons. The highest BCUT2D eigenvalue weighted by molar-refractivity contribution is 5.88. The Kier molecular flexibility index (Phi) is 5.51. The number of hydrazone groups is 1. The summed E-state index contributed by atoms with van der Waals surface area (Å²) in [5.41, 5.74) is 4.54. The van der Waals surface area contributed by atoms with Gasteiger partial charge in [-0.05, 0) is 24.3 Å². The highest BCUT2D eigenvalue weighted by Gasteiger charge is 2.10. The molecule has 0 aliphatic rings. The Hall–Kier alpha value is -3.61. The van der Waals surface area contributed by atoms with Crippen LogP contribution in [0.25, 0.3) is 11.0 Å². The van der Waals surface area contributed by atoms with Crippen molar-refractivity contribution in [2.24, 2.45) is 5.10 Å². The predicted octanol–water partition coefficient (Wildman–Crippen LogP) is 3.05. The van der Waals surface area contributed by atoms with Crippen LogP contribution >= 0.6 is 0 Å². The topological polar surface area (TPSA) is 77.7 Å². The van der Waals surface area contributed by atoms with Gasteiger partial charge in [-0.2, -0.15) is 5.10 Å². The molecule has 0 bridgehead atoms. The zero-order chi connectivity index (χ0) is 19.2. The molecular formula is C20H20N4O3. The fourth-order valence-corrected chi connectivity index (χ4v) is 2.74. The maximum absolute atomic E-state index is 12.7. The van der Waals surface area contributed by atoms with Crippen LogP contribution in [0.5, 0.6) is 11.5 Å². The van der Waals surface area contributed by atoms with E-state index in [1.54, 1.807) is 37.0 Å². The van der Waals surface area contributed by atoms with E-state index in [-0.39, 0.29) is 11.4 Å². The summed E-state index contributed by atoms with van der Waals surface area (Å²) in [5.74, 6) is 1.34. The molecule has 0 aliphatic carbocycles. The van der Waals surface area contributed by atoms with E-state index >= 15 is 0 Å². The molecular weight excluding hydrogens is 344 g/mol. The number of rotatable bonds is 7. The van der Waals surface area contributed by atoms with Crippen LogP contribution in [0.4, 0.5) is 5.82 Å². The summed E-state index contributed by atoms with van der Waals surface area (Å²) in [7, 11) is 3.14. The number of aromatic nitrogens is 2. The van der Waals surface area contributed by atoms with Crippen molar-refractivity contribution in [2.45, 2.75) is 6.54 Å². The molecule has 0 aliphatic heterocycles. The monoisotopic (exact) mass is 364 g/mol. The second-order valence-corrected chi connectivity index (χ2v) is 5.60. The van der Waals surface area contributed by atoms with Crippen molar-refractivity contribution in [2.75, 3.05) is 19.6 Å². The molecule has 0 saturated heterocycles. The fraction of sp³-hybridized carbons (Fsp3) is 0.150. The van der Waals surface area contributed by atoms with Gasteiger partial charge in [-0.25, -0.2) is 4.98 Å². The first kappa shape index (κ1) is 18.2. The van der Waals surface area contributed by atoms with Crippen molar-refractivity contribution in [3.05, 3.63) is 71.0 Å². The van der Waals surface area contributed by atoms with Crippen LogP contribution in [0.2, 0.25) is 0 Å². The van der Waals surface area contributed by atoms with Crippen LogP contribution < -0.4 is 20.5 Å². The normalized spacial score (nSPS) is 10.9. The number of hydrogen-bond donors (Lipinski definition) is 1. The minimum atomic E-state index is -0.280. The van der Waals surface area contributed by atoms with Gasteiger partial charge in [0.2, 0.25) is 5.82 Å². The Labute approximate surface area is 156 Å². The third kappa shape index (κ3) is 3.67. The van der Waals surface area contributed by atoms with Crippen molar-refractivity contribution < 1.29 is 9.47 Å². The van der Waals surface area contributed by atoms with Gasteiger partial charge < -0.3 is 9.47 Å². The molecule has 0 unspecified atom stereocenters. The Morgan fingerprint density at radius 1 is 1.15 bits per heavy atom. The van der Waals surface area contributed by atoms with Gasteiger partial charge in [0, 0.05) is 6.54 Å². The quantitative estimate of drug-likeness (QED) is 0.396. The molecule has 1 N–H and O–H groups in total. The molecule has 138 valence electrons. The van der Waals surface area contributed by atoms with Crippen LogP contribution in [-0.4, -0.2) is 30.0 Å². The van der Waals surface area contributed by atoms with Gasteiger partial charge in [-0.15, -0.1) is 6.58 Å². The molecule has 7 heteroatoms. The van der Waals surface area contributed by atoms with Crippen molar-refractivity contribution in [1.29, 1.82) is 0 Å². The Balaban J connectivity index is 1.99. The van der Waals surface area contributed by atoms with Crippen molar-refractivity contribution in [1.82, 2.24) is 9.55 Å². The lowest BCUT2D eigenvalue weighted by molar-refractivity contribution is 0.393. The largest absolute Gasteiger partial charge is 0.496 e. The average Bonchev–Trinajstić information content (AvgIpc) is 2.70. The number of methoxy groups -OCH3 is 2. The number of hydrogen-bond acceptors (Lipinski definition) is 6. The van der Waals surface area contributed by atoms with Crippen LogP contribution in [0.3, 0.4) is 0 Å². The number of benzene rings is 2. The van der Waals surface area contributed by atoms with E-state index < -0.39 is 0 Å². The van der Waals surface area contributed by atoms with Crippen LogP contribution in [0.15, 0.2) is 65.0 Å². The summed E-state index contributed by atoms with van der Waals surface area (Å²) in [6, 6.07) is 12.8.